The molecule has 3 aromatic heterocycles. The Morgan fingerprint density at radius 1 is 1.42 bits per heavy atom. The molecule has 26 heavy (non-hydrogen) atoms. The summed E-state index contributed by atoms with van der Waals surface area (Å²) >= 11 is 4.59. The topological polar surface area (TPSA) is 78.7 Å². The standard InChI is InChI=1S/C18H16N4OS3/c1-9(15(23)22-16-11(8-19)6-7-24-16)25-17-14-12-4-3-5-13(12)26-18(14)21-10(2)20-17/h6-7,9H,3-5H2,1-2H3,(H,22,23)/t9-/m0/s1. The fourth-order valence-electron chi connectivity index (χ4n) is 3.08. The highest BCUT2D eigenvalue weighted by atomic mass is 32.2. The fourth-order valence-corrected chi connectivity index (χ4v) is 6.21. The van der Waals surface area contributed by atoms with Crippen molar-refractivity contribution in [1.82, 2.24) is 9.97 Å². The van der Waals surface area contributed by atoms with Crippen molar-refractivity contribution in [2.45, 2.75) is 43.4 Å². The Morgan fingerprint density at radius 3 is 3.08 bits per heavy atom. The van der Waals surface area contributed by atoms with E-state index in [-0.39, 0.29) is 11.2 Å². The normalized spacial score (nSPS) is 14.2. The maximum Gasteiger partial charge on any atom is 0.238 e. The van der Waals surface area contributed by atoms with Gasteiger partial charge in [-0.1, -0.05) is 11.8 Å². The Bertz CT molecular complexity index is 1050. The van der Waals surface area contributed by atoms with Crippen LogP contribution in [0.5, 0.6) is 0 Å². The highest BCUT2D eigenvalue weighted by Gasteiger charge is 2.25. The molecule has 8 heteroatoms. The van der Waals surface area contributed by atoms with E-state index in [2.05, 4.69) is 21.4 Å². The van der Waals surface area contributed by atoms with E-state index >= 15 is 0 Å². The van der Waals surface area contributed by atoms with Gasteiger partial charge >= 0.3 is 0 Å². The van der Waals surface area contributed by atoms with E-state index in [1.807, 2.05) is 13.8 Å². The third-order valence-corrected chi connectivity index (χ3v) is 7.43. The van der Waals surface area contributed by atoms with Gasteiger partial charge in [-0.25, -0.2) is 9.97 Å². The van der Waals surface area contributed by atoms with E-state index in [1.165, 1.54) is 40.0 Å². The first-order valence-electron chi connectivity index (χ1n) is 8.31. The van der Waals surface area contributed by atoms with Crippen LogP contribution in [0.15, 0.2) is 16.5 Å². The van der Waals surface area contributed by atoms with Crippen molar-refractivity contribution >= 4 is 55.6 Å². The number of aryl methyl sites for hydroxylation is 3. The molecule has 1 amide bonds. The van der Waals surface area contributed by atoms with Crippen LogP contribution in [0, 0.1) is 18.3 Å². The molecule has 4 rings (SSSR count). The summed E-state index contributed by atoms with van der Waals surface area (Å²) in [5, 5.41) is 16.1. The number of nitriles is 1. The summed E-state index contributed by atoms with van der Waals surface area (Å²) in [6.07, 6.45) is 3.36. The van der Waals surface area contributed by atoms with Crippen molar-refractivity contribution < 1.29 is 4.79 Å². The van der Waals surface area contributed by atoms with E-state index in [9.17, 15) is 4.79 Å². The van der Waals surface area contributed by atoms with Gasteiger partial charge in [0.25, 0.3) is 0 Å². The second-order valence-corrected chi connectivity index (χ2v) is 9.47. The molecule has 0 saturated heterocycles. The fraction of sp³-hybridized carbons (Fsp3) is 0.333. The molecule has 3 aromatic rings. The third kappa shape index (κ3) is 3.11. The zero-order valence-corrected chi connectivity index (χ0v) is 16.8. The maximum absolute atomic E-state index is 12.6. The Morgan fingerprint density at radius 2 is 2.27 bits per heavy atom. The summed E-state index contributed by atoms with van der Waals surface area (Å²) in [5.74, 6) is 0.614. The lowest BCUT2D eigenvalue weighted by molar-refractivity contribution is -0.115. The highest BCUT2D eigenvalue weighted by Crippen LogP contribution is 2.41. The molecule has 1 aliphatic carbocycles. The van der Waals surface area contributed by atoms with Crippen molar-refractivity contribution in [1.29, 1.82) is 5.26 Å². The molecule has 0 aromatic carbocycles. The lowest BCUT2D eigenvalue weighted by Crippen LogP contribution is -2.22. The largest absolute Gasteiger partial charge is 0.316 e. The number of aromatic nitrogens is 2. The SMILES string of the molecule is Cc1nc(S[C@@H](C)C(=O)Nc2sccc2C#N)c2c3c(sc2n1)CCC3. The number of thiophene rings is 2. The van der Waals surface area contributed by atoms with Gasteiger partial charge in [0.2, 0.25) is 5.91 Å². The van der Waals surface area contributed by atoms with Gasteiger partial charge in [0, 0.05) is 10.3 Å². The predicted molar refractivity (Wildman–Crippen MR) is 107 cm³/mol. The van der Waals surface area contributed by atoms with Crippen molar-refractivity contribution in [2.75, 3.05) is 5.32 Å². The monoisotopic (exact) mass is 400 g/mol. The number of carbonyl (C=O) groups is 1. The summed E-state index contributed by atoms with van der Waals surface area (Å²) in [7, 11) is 0. The minimum atomic E-state index is -0.321. The van der Waals surface area contributed by atoms with Crippen LogP contribution in [0.2, 0.25) is 0 Å². The van der Waals surface area contributed by atoms with Crippen LogP contribution in [0.3, 0.4) is 0 Å². The number of rotatable bonds is 4. The van der Waals surface area contributed by atoms with Crippen LogP contribution in [0.4, 0.5) is 5.00 Å². The second kappa shape index (κ2) is 6.99. The summed E-state index contributed by atoms with van der Waals surface area (Å²) in [6, 6.07) is 3.81. The zero-order chi connectivity index (χ0) is 18.3. The Balaban J connectivity index is 1.60. The van der Waals surface area contributed by atoms with Gasteiger partial charge in [-0.15, -0.1) is 22.7 Å². The van der Waals surface area contributed by atoms with Crippen LogP contribution >= 0.6 is 34.4 Å². The molecule has 1 atom stereocenters. The first-order chi connectivity index (χ1) is 12.6. The summed E-state index contributed by atoms with van der Waals surface area (Å²) in [5.41, 5.74) is 1.86. The molecule has 0 unspecified atom stereocenters. The Hall–Kier alpha value is -1.95. The average Bonchev–Trinajstić information content (AvgIpc) is 3.29. The molecule has 1 N–H and O–H groups in total. The van der Waals surface area contributed by atoms with Gasteiger partial charge < -0.3 is 5.32 Å². The van der Waals surface area contributed by atoms with Gasteiger partial charge in [0.1, 0.15) is 26.8 Å². The molecular formula is C18H16N4OS3. The van der Waals surface area contributed by atoms with Crippen molar-refractivity contribution in [3.05, 3.63) is 33.3 Å². The van der Waals surface area contributed by atoms with Crippen LogP contribution < -0.4 is 5.32 Å². The quantitative estimate of drug-likeness (QED) is 0.514. The predicted octanol–water partition coefficient (Wildman–Crippen LogP) is 4.54. The lowest BCUT2D eigenvalue weighted by Gasteiger charge is -2.12. The van der Waals surface area contributed by atoms with Crippen molar-refractivity contribution in [3.63, 3.8) is 0 Å². The number of nitrogens with zero attached hydrogens (tertiary/aromatic N) is 3. The number of hydrogen-bond donors (Lipinski definition) is 1. The van der Waals surface area contributed by atoms with E-state index in [1.54, 1.807) is 22.8 Å². The first-order valence-corrected chi connectivity index (χ1v) is 10.9. The number of thioether (sulfide) groups is 1. The van der Waals surface area contributed by atoms with Crippen LogP contribution in [0.25, 0.3) is 10.2 Å². The van der Waals surface area contributed by atoms with Gasteiger partial charge in [0.05, 0.1) is 10.8 Å². The molecule has 0 radical (unpaired) electrons. The van der Waals surface area contributed by atoms with Gasteiger partial charge in [0.15, 0.2) is 0 Å². The molecule has 5 nitrogen and oxygen atoms in total. The van der Waals surface area contributed by atoms with Gasteiger partial charge in [-0.3, -0.25) is 4.79 Å². The molecule has 132 valence electrons. The molecule has 1 aliphatic rings. The van der Waals surface area contributed by atoms with Crippen LogP contribution in [-0.2, 0) is 17.6 Å². The molecule has 0 bridgehead atoms. The third-order valence-electron chi connectivity index (χ3n) is 4.32. The number of nitrogens with one attached hydrogen (secondary N) is 1. The number of fused-ring (bicyclic) bond motifs is 3. The second-order valence-electron chi connectivity index (χ2n) is 6.14. The summed E-state index contributed by atoms with van der Waals surface area (Å²) in [4.78, 5) is 24.3. The smallest absolute Gasteiger partial charge is 0.238 e. The average molecular weight is 401 g/mol. The number of amides is 1. The number of anilines is 1. The number of hydrogen-bond acceptors (Lipinski definition) is 7. The summed E-state index contributed by atoms with van der Waals surface area (Å²) in [6.45, 7) is 3.76. The molecule has 0 spiro atoms. The molecule has 3 heterocycles. The summed E-state index contributed by atoms with van der Waals surface area (Å²) < 4.78 is 0. The zero-order valence-electron chi connectivity index (χ0n) is 14.3. The van der Waals surface area contributed by atoms with E-state index in [0.717, 1.165) is 33.9 Å². The Labute approximate surface area is 163 Å². The van der Waals surface area contributed by atoms with Crippen molar-refractivity contribution in [3.8, 4) is 6.07 Å². The van der Waals surface area contributed by atoms with Crippen LogP contribution in [0.1, 0.15) is 35.2 Å². The first kappa shape index (κ1) is 17.5. The molecule has 0 aliphatic heterocycles. The molecule has 0 fully saturated rings. The molecular weight excluding hydrogens is 384 g/mol. The van der Waals surface area contributed by atoms with E-state index in [4.69, 9.17) is 5.26 Å². The number of carbonyl (C=O) groups excluding carboxylic acids is 1. The molecule has 0 saturated carbocycles. The minimum Gasteiger partial charge on any atom is -0.316 e. The Kier molecular flexibility index (Phi) is 4.69. The van der Waals surface area contributed by atoms with Gasteiger partial charge in [-0.2, -0.15) is 5.26 Å². The minimum absolute atomic E-state index is 0.120. The van der Waals surface area contributed by atoms with E-state index in [0.29, 0.717) is 10.6 Å². The van der Waals surface area contributed by atoms with Crippen LogP contribution in [-0.4, -0.2) is 21.1 Å². The highest BCUT2D eigenvalue weighted by molar-refractivity contribution is 8.00. The van der Waals surface area contributed by atoms with Crippen molar-refractivity contribution in [2.24, 2.45) is 0 Å². The lowest BCUT2D eigenvalue weighted by atomic mass is 10.2. The van der Waals surface area contributed by atoms with E-state index < -0.39 is 0 Å². The maximum atomic E-state index is 12.6. The van der Waals surface area contributed by atoms with Gasteiger partial charge in [-0.05, 0) is 50.1 Å².